The molecule has 0 bridgehead atoms. The van der Waals surface area contributed by atoms with Crippen LogP contribution >= 0.6 is 0 Å². The Labute approximate surface area is 288 Å². The van der Waals surface area contributed by atoms with Gasteiger partial charge in [-0.25, -0.2) is 0 Å². The highest BCUT2D eigenvalue weighted by molar-refractivity contribution is 6.23. The molecule has 216 valence electrons. The van der Waals surface area contributed by atoms with Crippen molar-refractivity contribution in [2.75, 3.05) is 0 Å². The fourth-order valence-electron chi connectivity index (χ4n) is 7.19. The summed E-state index contributed by atoms with van der Waals surface area (Å²) >= 11 is 0. The van der Waals surface area contributed by atoms with Gasteiger partial charge in [0.05, 0.1) is 20.6 Å². The van der Waals surface area contributed by atoms with Crippen LogP contribution in [-0.4, -0.2) is 0 Å². The first-order chi connectivity index (χ1) is 28.8. The maximum Gasteiger partial charge on any atom is 0.136 e. The van der Waals surface area contributed by atoms with E-state index in [0.29, 0.717) is 22.1 Å². The van der Waals surface area contributed by atoms with Crippen molar-refractivity contribution in [3.63, 3.8) is 0 Å². The summed E-state index contributed by atoms with van der Waals surface area (Å²) in [6.45, 7) is 3.28. The molecule has 1 nitrogen and oxygen atoms in total. The Kier molecular flexibility index (Phi) is 3.01. The van der Waals surface area contributed by atoms with E-state index in [-0.39, 0.29) is 60.5 Å². The number of furan rings is 1. The zero-order valence-electron chi connectivity index (χ0n) is 39.6. The average Bonchev–Trinajstić information content (AvgIpc) is 3.72. The Balaban J connectivity index is 1.48. The van der Waals surface area contributed by atoms with E-state index in [0.717, 1.165) is 16.2 Å². The SMILES string of the molecule is [2H]c1c([2H])c([2H])c2c(c1[2H])-c1c(-c3c4c([2H])c([2H])c([2H])c([2H])c4c(-c4ccc5oc6cc7ccccc7cc6c5c4)c4c([2H])c([2H])c([2H])c([2H])c34)c([2H])c([2H])c([2H])c1C2(C)C. The van der Waals surface area contributed by atoms with Crippen molar-refractivity contribution < 1.29 is 25.0 Å². The smallest absolute Gasteiger partial charge is 0.136 e. The van der Waals surface area contributed by atoms with Gasteiger partial charge in [0, 0.05) is 16.2 Å². The number of fused-ring (bicyclic) bond motifs is 9. The summed E-state index contributed by atoms with van der Waals surface area (Å²) in [6, 6.07) is 8.11. The quantitative estimate of drug-likeness (QED) is 0.180. The van der Waals surface area contributed by atoms with Gasteiger partial charge in [-0.15, -0.1) is 0 Å². The standard InChI is InChI=1S/C45H30O/c1-45(2)38-20-10-9-18-34(38)44-35(19-11-21-39(44)45)43-32-16-7-5-14-30(32)42(31-15-6-8-17-33(31)43)29-22-23-40-36(25-29)37-24-27-12-3-4-13-28(27)26-41(37)46-40/h3-26H,1-2H3/i5D,6D,7D,8D,9D,10D,11D,14D,15D,16D,17D,18D,19D,20D,21D. The highest BCUT2D eigenvalue weighted by Crippen LogP contribution is 2.54. The zero-order valence-corrected chi connectivity index (χ0v) is 24.6. The largest absolute Gasteiger partial charge is 0.456 e. The summed E-state index contributed by atoms with van der Waals surface area (Å²) in [6.07, 6.45) is 0. The fourth-order valence-corrected chi connectivity index (χ4v) is 7.19. The Morgan fingerprint density at radius 2 is 1.07 bits per heavy atom. The number of hydrogen-bond acceptors (Lipinski definition) is 1. The number of benzene rings is 8. The van der Waals surface area contributed by atoms with Gasteiger partial charge < -0.3 is 4.42 Å². The minimum Gasteiger partial charge on any atom is -0.456 e. The second-order valence-electron chi connectivity index (χ2n) is 12.1. The lowest BCUT2D eigenvalue weighted by molar-refractivity contribution is 0.660. The van der Waals surface area contributed by atoms with Crippen LogP contribution in [0.1, 0.15) is 45.5 Å². The minimum atomic E-state index is -1.35. The van der Waals surface area contributed by atoms with Gasteiger partial charge in [0.1, 0.15) is 11.2 Å². The van der Waals surface area contributed by atoms with Crippen LogP contribution in [0.2, 0.25) is 0 Å². The Bertz CT molecular complexity index is 3490. The van der Waals surface area contributed by atoms with Crippen LogP contribution in [0.25, 0.3) is 87.6 Å². The van der Waals surface area contributed by atoms with Gasteiger partial charge in [-0.3, -0.25) is 0 Å². The third-order valence-corrected chi connectivity index (χ3v) is 9.31. The van der Waals surface area contributed by atoms with Crippen LogP contribution in [0.5, 0.6) is 0 Å². The second kappa shape index (κ2) is 9.19. The van der Waals surface area contributed by atoms with Crippen molar-refractivity contribution in [2.45, 2.75) is 19.3 Å². The molecule has 1 aromatic heterocycles. The predicted molar refractivity (Wildman–Crippen MR) is 195 cm³/mol. The maximum atomic E-state index is 9.55. The molecule has 0 fully saturated rings. The summed E-state index contributed by atoms with van der Waals surface area (Å²) in [5.74, 6) is 0. The van der Waals surface area contributed by atoms with Gasteiger partial charge in [0.15, 0.2) is 0 Å². The molecule has 0 radical (unpaired) electrons. The van der Waals surface area contributed by atoms with Crippen molar-refractivity contribution in [2.24, 2.45) is 0 Å². The Hall–Kier alpha value is -5.66. The fraction of sp³-hybridized carbons (Fsp3) is 0.0667. The van der Waals surface area contributed by atoms with Crippen LogP contribution in [0.15, 0.2) is 150 Å². The molecule has 0 amide bonds. The Morgan fingerprint density at radius 1 is 0.478 bits per heavy atom. The lowest BCUT2D eigenvalue weighted by Crippen LogP contribution is -2.14. The first-order valence-electron chi connectivity index (χ1n) is 22.4. The normalized spacial score (nSPS) is 18.2. The van der Waals surface area contributed by atoms with Crippen molar-refractivity contribution >= 4 is 54.3 Å². The van der Waals surface area contributed by atoms with Gasteiger partial charge in [0.25, 0.3) is 0 Å². The lowest BCUT2D eigenvalue weighted by atomic mass is 9.80. The summed E-state index contributed by atoms with van der Waals surface area (Å²) in [7, 11) is 0. The van der Waals surface area contributed by atoms with E-state index >= 15 is 0 Å². The van der Waals surface area contributed by atoms with Crippen molar-refractivity contribution in [3.8, 4) is 33.4 Å². The molecule has 9 aromatic rings. The summed E-state index contributed by atoms with van der Waals surface area (Å²) in [5, 5.41) is 2.51. The van der Waals surface area contributed by atoms with Crippen LogP contribution in [0.3, 0.4) is 0 Å². The van der Waals surface area contributed by atoms with Gasteiger partial charge in [-0.2, -0.15) is 0 Å². The lowest BCUT2D eigenvalue weighted by Gasteiger charge is -2.22. The van der Waals surface area contributed by atoms with Crippen LogP contribution in [-0.2, 0) is 5.41 Å². The maximum absolute atomic E-state index is 9.55. The van der Waals surface area contributed by atoms with E-state index in [1.54, 1.807) is 32.0 Å². The van der Waals surface area contributed by atoms with Gasteiger partial charge in [0.2, 0.25) is 0 Å². The average molecular weight is 602 g/mol. The molecule has 46 heavy (non-hydrogen) atoms. The first-order valence-corrected chi connectivity index (χ1v) is 14.9. The molecular formula is C45H30O. The van der Waals surface area contributed by atoms with E-state index in [9.17, 15) is 8.22 Å². The summed E-state index contributed by atoms with van der Waals surface area (Å²) in [5.41, 5.74) is -0.339. The van der Waals surface area contributed by atoms with E-state index in [1.807, 2.05) is 36.4 Å². The third-order valence-electron chi connectivity index (χ3n) is 9.31. The predicted octanol–water partition coefficient (Wildman–Crippen LogP) is 12.7. The van der Waals surface area contributed by atoms with Gasteiger partial charge in [-0.1, -0.05) is 135 Å². The molecule has 1 heteroatoms. The Morgan fingerprint density at radius 3 is 1.80 bits per heavy atom. The molecule has 0 spiro atoms. The molecular weight excluding hydrogens is 556 g/mol. The second-order valence-corrected chi connectivity index (χ2v) is 12.1. The van der Waals surface area contributed by atoms with Crippen molar-refractivity contribution in [3.05, 3.63) is 156 Å². The first kappa shape index (κ1) is 15.1. The molecule has 0 N–H and O–H groups in total. The molecule has 0 aliphatic heterocycles. The minimum absolute atomic E-state index is 0.0494. The molecule has 10 rings (SSSR count). The van der Waals surface area contributed by atoms with Crippen LogP contribution < -0.4 is 0 Å². The summed E-state index contributed by atoms with van der Waals surface area (Å²) < 4.78 is 143. The number of rotatable bonds is 2. The molecule has 1 aliphatic rings. The molecule has 0 saturated carbocycles. The topological polar surface area (TPSA) is 13.1 Å². The summed E-state index contributed by atoms with van der Waals surface area (Å²) in [4.78, 5) is 0. The molecule has 1 aliphatic carbocycles. The number of hydrogen-bond donors (Lipinski definition) is 0. The molecule has 0 unspecified atom stereocenters. The highest BCUT2D eigenvalue weighted by atomic mass is 16.3. The zero-order chi connectivity index (χ0) is 43.6. The van der Waals surface area contributed by atoms with Crippen molar-refractivity contribution in [1.29, 1.82) is 0 Å². The molecule has 0 saturated heterocycles. The van der Waals surface area contributed by atoms with Crippen molar-refractivity contribution in [1.82, 2.24) is 0 Å². The van der Waals surface area contributed by atoms with E-state index in [1.165, 1.54) is 0 Å². The van der Waals surface area contributed by atoms with E-state index in [4.69, 9.17) is 16.8 Å². The van der Waals surface area contributed by atoms with Gasteiger partial charge >= 0.3 is 0 Å². The van der Waals surface area contributed by atoms with Crippen LogP contribution in [0, 0.1) is 0 Å². The van der Waals surface area contributed by atoms with Crippen LogP contribution in [0.4, 0.5) is 0 Å². The van der Waals surface area contributed by atoms with E-state index < -0.39 is 96.1 Å². The van der Waals surface area contributed by atoms with Gasteiger partial charge in [-0.05, 0) is 101 Å². The van der Waals surface area contributed by atoms with E-state index in [2.05, 4.69) is 0 Å². The molecule has 1 heterocycles. The third kappa shape index (κ3) is 3.40. The highest BCUT2D eigenvalue weighted by Gasteiger charge is 2.37. The molecule has 0 atom stereocenters. The monoisotopic (exact) mass is 601 g/mol. The molecule has 8 aromatic carbocycles.